The Morgan fingerprint density at radius 2 is 1.03 bits per heavy atom. The molecule has 0 atom stereocenters. The van der Waals surface area contributed by atoms with E-state index in [9.17, 15) is 0 Å². The zero-order valence-corrected chi connectivity index (χ0v) is 19.1. The number of benzene rings is 6. The Kier molecular flexibility index (Phi) is 4.49. The molecule has 0 aliphatic rings. The second-order valence-electron chi connectivity index (χ2n) is 8.92. The molecule has 7 aromatic rings. The van der Waals surface area contributed by atoms with Crippen molar-refractivity contribution >= 4 is 32.3 Å². The Hall–Kier alpha value is -4.69. The van der Waals surface area contributed by atoms with Gasteiger partial charge in [0.1, 0.15) is 0 Å². The van der Waals surface area contributed by atoms with Crippen molar-refractivity contribution in [2.45, 2.75) is 0 Å². The monoisotopic (exact) mass is 446 g/mol. The van der Waals surface area contributed by atoms with Crippen molar-refractivity contribution in [1.82, 2.24) is 9.55 Å². The van der Waals surface area contributed by atoms with Crippen LogP contribution in [0.4, 0.5) is 0 Å². The van der Waals surface area contributed by atoms with Gasteiger partial charge >= 0.3 is 0 Å². The number of imidazole rings is 1. The number of rotatable bonds is 3. The van der Waals surface area contributed by atoms with E-state index in [1.54, 1.807) is 6.20 Å². The zero-order chi connectivity index (χ0) is 23.2. The quantitative estimate of drug-likeness (QED) is 0.248. The smallest absolute Gasteiger partial charge is 0.0991 e. The Morgan fingerprint density at radius 1 is 0.486 bits per heavy atom. The molecule has 0 radical (unpaired) electrons. The molecule has 0 aliphatic carbocycles. The fourth-order valence-corrected chi connectivity index (χ4v) is 5.31. The minimum Gasteiger partial charge on any atom is -0.306 e. The van der Waals surface area contributed by atoms with Crippen LogP contribution in [0.5, 0.6) is 0 Å². The van der Waals surface area contributed by atoms with Crippen LogP contribution >= 0.6 is 0 Å². The van der Waals surface area contributed by atoms with E-state index in [2.05, 4.69) is 120 Å². The van der Waals surface area contributed by atoms with E-state index in [0.29, 0.717) is 0 Å². The van der Waals surface area contributed by atoms with Crippen molar-refractivity contribution in [1.29, 1.82) is 0 Å². The Bertz CT molecular complexity index is 1770. The average molecular weight is 447 g/mol. The summed E-state index contributed by atoms with van der Waals surface area (Å²) in [6.45, 7) is 0. The molecule has 0 amide bonds. The Balaban J connectivity index is 1.52. The number of fused-ring (bicyclic) bond motifs is 3. The predicted octanol–water partition coefficient (Wildman–Crippen LogP) is 8.67. The molecule has 0 fully saturated rings. The van der Waals surface area contributed by atoms with Gasteiger partial charge in [-0.25, -0.2) is 4.98 Å². The molecule has 0 saturated carbocycles. The number of hydrogen-bond donors (Lipinski definition) is 0. The summed E-state index contributed by atoms with van der Waals surface area (Å²) >= 11 is 0. The fourth-order valence-electron chi connectivity index (χ4n) is 5.31. The molecule has 6 aromatic carbocycles. The van der Waals surface area contributed by atoms with Crippen LogP contribution < -0.4 is 0 Å². The van der Waals surface area contributed by atoms with Crippen LogP contribution in [0, 0.1) is 0 Å². The highest BCUT2D eigenvalue weighted by molar-refractivity contribution is 6.21. The third kappa shape index (κ3) is 3.23. The molecule has 35 heavy (non-hydrogen) atoms. The van der Waals surface area contributed by atoms with Gasteiger partial charge in [-0.05, 0) is 72.8 Å². The Labute approximate surface area is 203 Å². The molecule has 0 bridgehead atoms. The first-order valence-electron chi connectivity index (χ1n) is 11.9. The third-order valence-corrected chi connectivity index (χ3v) is 6.93. The topological polar surface area (TPSA) is 17.8 Å². The molecule has 7 rings (SSSR count). The van der Waals surface area contributed by atoms with E-state index in [1.165, 1.54) is 54.6 Å². The zero-order valence-electron chi connectivity index (χ0n) is 19.1. The molecule has 164 valence electrons. The summed E-state index contributed by atoms with van der Waals surface area (Å²) in [4.78, 5) is 4.18. The summed E-state index contributed by atoms with van der Waals surface area (Å²) < 4.78 is 2.03. The fraction of sp³-hybridized carbons (Fsp3) is 0. The van der Waals surface area contributed by atoms with Gasteiger partial charge in [0, 0.05) is 18.1 Å². The van der Waals surface area contributed by atoms with E-state index in [1.807, 2.05) is 17.1 Å². The van der Waals surface area contributed by atoms with Gasteiger partial charge in [0.15, 0.2) is 0 Å². The van der Waals surface area contributed by atoms with Crippen LogP contribution in [0.25, 0.3) is 60.3 Å². The minimum absolute atomic E-state index is 1.10. The van der Waals surface area contributed by atoms with Crippen molar-refractivity contribution in [3.63, 3.8) is 0 Å². The summed E-state index contributed by atoms with van der Waals surface area (Å²) in [5.41, 5.74) is 6.13. The van der Waals surface area contributed by atoms with Gasteiger partial charge in [-0.2, -0.15) is 0 Å². The molecule has 0 aliphatic heterocycles. The number of hydrogen-bond acceptors (Lipinski definition) is 1. The second-order valence-corrected chi connectivity index (χ2v) is 8.92. The van der Waals surface area contributed by atoms with Crippen molar-refractivity contribution in [2.24, 2.45) is 0 Å². The molecular weight excluding hydrogens is 424 g/mol. The largest absolute Gasteiger partial charge is 0.306 e. The molecule has 0 N–H and O–H groups in total. The molecule has 1 aromatic heterocycles. The van der Waals surface area contributed by atoms with Gasteiger partial charge in [-0.1, -0.05) is 97.1 Å². The highest BCUT2D eigenvalue weighted by Crippen LogP contribution is 2.44. The first-order chi connectivity index (χ1) is 17.4. The van der Waals surface area contributed by atoms with Gasteiger partial charge in [0.25, 0.3) is 0 Å². The molecule has 0 saturated heterocycles. The molecule has 0 unspecified atom stereocenters. The van der Waals surface area contributed by atoms with Crippen LogP contribution in [0.15, 0.2) is 134 Å². The molecule has 2 nitrogen and oxygen atoms in total. The summed E-state index contributed by atoms with van der Waals surface area (Å²) in [6.07, 6.45) is 5.61. The number of aromatic nitrogens is 2. The first kappa shape index (κ1) is 19.7. The predicted molar refractivity (Wildman–Crippen MR) is 147 cm³/mol. The molecule has 2 heteroatoms. The van der Waals surface area contributed by atoms with Gasteiger partial charge in [0.05, 0.1) is 6.33 Å². The van der Waals surface area contributed by atoms with Crippen LogP contribution in [0.1, 0.15) is 0 Å². The van der Waals surface area contributed by atoms with Crippen molar-refractivity contribution in [3.05, 3.63) is 134 Å². The van der Waals surface area contributed by atoms with Crippen molar-refractivity contribution < 1.29 is 0 Å². The third-order valence-electron chi connectivity index (χ3n) is 6.93. The maximum absolute atomic E-state index is 4.18. The van der Waals surface area contributed by atoms with E-state index < -0.39 is 0 Å². The average Bonchev–Trinajstić information content (AvgIpc) is 3.47. The molecule has 1 heterocycles. The lowest BCUT2D eigenvalue weighted by Gasteiger charge is -2.18. The van der Waals surface area contributed by atoms with Gasteiger partial charge in [-0.15, -0.1) is 0 Å². The maximum atomic E-state index is 4.18. The SMILES string of the molecule is c1ccc2cc(-c3c4ccccc4c(-c4ccc(-n5ccnc5)cc4)c4ccccc34)ccc2c1. The van der Waals surface area contributed by atoms with Crippen LogP contribution in [0.3, 0.4) is 0 Å². The summed E-state index contributed by atoms with van der Waals surface area (Å²) in [6, 6.07) is 41.8. The highest BCUT2D eigenvalue weighted by Gasteiger charge is 2.16. The first-order valence-corrected chi connectivity index (χ1v) is 11.9. The van der Waals surface area contributed by atoms with E-state index in [0.717, 1.165) is 5.69 Å². The van der Waals surface area contributed by atoms with Crippen molar-refractivity contribution in [2.75, 3.05) is 0 Å². The standard InChI is InChI=1S/C33H22N2/c1-2-8-25-21-26(14-13-23(25)7-1)33-30-11-5-3-9-28(30)32(29-10-4-6-12-31(29)33)24-15-17-27(18-16-24)35-20-19-34-22-35/h1-22H. The van der Waals surface area contributed by atoms with Gasteiger partial charge in [0.2, 0.25) is 0 Å². The highest BCUT2D eigenvalue weighted by atomic mass is 15.0. The van der Waals surface area contributed by atoms with Gasteiger partial charge < -0.3 is 4.57 Å². The molecule has 0 spiro atoms. The van der Waals surface area contributed by atoms with Crippen LogP contribution in [0.2, 0.25) is 0 Å². The van der Waals surface area contributed by atoms with Crippen molar-refractivity contribution in [3.8, 4) is 27.9 Å². The lowest BCUT2D eigenvalue weighted by molar-refractivity contribution is 1.06. The van der Waals surface area contributed by atoms with Gasteiger partial charge in [-0.3, -0.25) is 0 Å². The normalized spacial score (nSPS) is 11.4. The van der Waals surface area contributed by atoms with E-state index >= 15 is 0 Å². The second kappa shape index (κ2) is 7.96. The lowest BCUT2D eigenvalue weighted by Crippen LogP contribution is -1.92. The van der Waals surface area contributed by atoms with Crippen LogP contribution in [-0.4, -0.2) is 9.55 Å². The maximum Gasteiger partial charge on any atom is 0.0991 e. The van der Waals surface area contributed by atoms with E-state index in [4.69, 9.17) is 0 Å². The Morgan fingerprint density at radius 3 is 1.63 bits per heavy atom. The molecular formula is C33H22N2. The summed E-state index contributed by atoms with van der Waals surface area (Å²) in [7, 11) is 0. The number of nitrogens with zero attached hydrogens (tertiary/aromatic N) is 2. The minimum atomic E-state index is 1.10. The van der Waals surface area contributed by atoms with Crippen LogP contribution in [-0.2, 0) is 0 Å². The summed E-state index contributed by atoms with van der Waals surface area (Å²) in [5, 5.41) is 7.61. The van der Waals surface area contributed by atoms with E-state index in [-0.39, 0.29) is 0 Å². The summed E-state index contributed by atoms with van der Waals surface area (Å²) in [5.74, 6) is 0. The lowest BCUT2D eigenvalue weighted by atomic mass is 9.85.